The van der Waals surface area contributed by atoms with Crippen molar-refractivity contribution in [2.24, 2.45) is 0 Å². The topological polar surface area (TPSA) is 127 Å². The first-order valence-electron chi connectivity index (χ1n) is 6.10. The predicted octanol–water partition coefficient (Wildman–Crippen LogP) is 3.22. The summed E-state index contributed by atoms with van der Waals surface area (Å²) in [6.07, 6.45) is 0. The Morgan fingerprint density at radius 1 is 0.773 bits per heavy atom. The van der Waals surface area contributed by atoms with Crippen LogP contribution in [0.4, 0.5) is 11.4 Å². The van der Waals surface area contributed by atoms with E-state index >= 15 is 0 Å². The molecule has 0 aliphatic rings. The first kappa shape index (κ1) is 16.9. The Morgan fingerprint density at radius 3 is 1.32 bits per heavy atom. The van der Waals surface area contributed by atoms with Crippen molar-refractivity contribution >= 4 is 11.4 Å². The number of phenolic OH excluding ortho intramolecular Hbond substituents is 2. The van der Waals surface area contributed by atoms with Gasteiger partial charge in [-0.2, -0.15) is 0 Å². The Kier molecular flexibility index (Phi) is 5.39. The smallest absolute Gasteiger partial charge is 0.310 e. The highest BCUT2D eigenvalue weighted by atomic mass is 16.6. The zero-order valence-electron chi connectivity index (χ0n) is 11.9. The van der Waals surface area contributed by atoms with Crippen molar-refractivity contribution in [2.45, 2.75) is 13.8 Å². The van der Waals surface area contributed by atoms with Gasteiger partial charge in [0.25, 0.3) is 0 Å². The quantitative estimate of drug-likeness (QED) is 0.647. The van der Waals surface area contributed by atoms with E-state index in [0.717, 1.165) is 11.1 Å². The number of hydrogen-bond acceptors (Lipinski definition) is 6. The van der Waals surface area contributed by atoms with E-state index in [-0.39, 0.29) is 22.9 Å². The lowest BCUT2D eigenvalue weighted by Crippen LogP contribution is -1.88. The zero-order valence-corrected chi connectivity index (χ0v) is 11.9. The van der Waals surface area contributed by atoms with Crippen molar-refractivity contribution in [3.63, 3.8) is 0 Å². The summed E-state index contributed by atoms with van der Waals surface area (Å²) in [5.74, 6) is -0.565. The van der Waals surface area contributed by atoms with E-state index in [1.165, 1.54) is 24.3 Å². The lowest BCUT2D eigenvalue weighted by molar-refractivity contribution is -0.386. The van der Waals surface area contributed by atoms with Gasteiger partial charge in [-0.15, -0.1) is 0 Å². The molecular weight excluding hydrogens is 292 g/mol. The van der Waals surface area contributed by atoms with Crippen LogP contribution in [0.5, 0.6) is 11.5 Å². The maximum absolute atomic E-state index is 10.2. The molecule has 0 spiro atoms. The highest BCUT2D eigenvalue weighted by Crippen LogP contribution is 2.26. The molecule has 0 amide bonds. The molecule has 0 saturated heterocycles. The van der Waals surface area contributed by atoms with Gasteiger partial charge in [-0.25, -0.2) is 0 Å². The highest BCUT2D eigenvalue weighted by Gasteiger charge is 2.11. The maximum Gasteiger partial charge on any atom is 0.310 e. The number of rotatable bonds is 2. The fourth-order valence-electron chi connectivity index (χ4n) is 1.58. The molecule has 2 aromatic rings. The predicted molar refractivity (Wildman–Crippen MR) is 79.0 cm³/mol. The first-order valence-corrected chi connectivity index (χ1v) is 6.10. The van der Waals surface area contributed by atoms with Crippen LogP contribution in [0.25, 0.3) is 0 Å². The van der Waals surface area contributed by atoms with Gasteiger partial charge >= 0.3 is 11.4 Å². The van der Waals surface area contributed by atoms with E-state index in [1.54, 1.807) is 26.0 Å². The Labute approximate surface area is 125 Å². The number of nitro groups is 2. The van der Waals surface area contributed by atoms with E-state index in [4.69, 9.17) is 10.2 Å². The molecule has 8 nitrogen and oxygen atoms in total. The SMILES string of the molecule is Cc1ccc([N+](=O)[O-])c(O)c1.Cc1ccc([N+](=O)[O-])c(O)c1. The summed E-state index contributed by atoms with van der Waals surface area (Å²) >= 11 is 0. The molecule has 22 heavy (non-hydrogen) atoms. The molecule has 2 N–H and O–H groups in total. The summed E-state index contributed by atoms with van der Waals surface area (Å²) in [5, 5.41) is 38.4. The molecule has 0 fully saturated rings. The summed E-state index contributed by atoms with van der Waals surface area (Å²) in [7, 11) is 0. The van der Waals surface area contributed by atoms with Crippen LogP contribution in [0, 0.1) is 34.1 Å². The van der Waals surface area contributed by atoms with Crippen molar-refractivity contribution in [1.82, 2.24) is 0 Å². The van der Waals surface area contributed by atoms with Gasteiger partial charge in [-0.05, 0) is 37.1 Å². The molecule has 0 saturated carbocycles. The Hall–Kier alpha value is -3.16. The third kappa shape index (κ3) is 4.44. The Balaban J connectivity index is 0.000000220. The van der Waals surface area contributed by atoms with Crippen molar-refractivity contribution in [3.05, 3.63) is 67.8 Å². The lowest BCUT2D eigenvalue weighted by atomic mass is 10.2. The molecule has 0 heterocycles. The molecule has 0 aromatic heterocycles. The monoisotopic (exact) mass is 306 g/mol. The number of aromatic hydroxyl groups is 2. The summed E-state index contributed by atoms with van der Waals surface area (Å²) in [6.45, 7) is 3.51. The minimum absolute atomic E-state index is 0.254. The second-order valence-electron chi connectivity index (χ2n) is 4.50. The number of nitro benzene ring substituents is 2. The van der Waals surface area contributed by atoms with Crippen LogP contribution in [0.2, 0.25) is 0 Å². The zero-order chi connectivity index (χ0) is 16.9. The number of hydrogen-bond donors (Lipinski definition) is 2. The van der Waals surface area contributed by atoms with Gasteiger partial charge in [-0.3, -0.25) is 20.2 Å². The highest BCUT2D eigenvalue weighted by molar-refractivity contribution is 5.47. The molecule has 8 heteroatoms. The van der Waals surface area contributed by atoms with Gasteiger partial charge in [0.1, 0.15) is 0 Å². The number of benzene rings is 2. The summed E-state index contributed by atoms with van der Waals surface area (Å²) in [6, 6.07) is 8.45. The molecule has 0 bridgehead atoms. The molecule has 2 rings (SSSR count). The van der Waals surface area contributed by atoms with Gasteiger partial charge in [0.2, 0.25) is 0 Å². The molecule has 0 aliphatic carbocycles. The van der Waals surface area contributed by atoms with Gasteiger partial charge in [0.05, 0.1) is 9.85 Å². The fraction of sp³-hybridized carbons (Fsp3) is 0.143. The van der Waals surface area contributed by atoms with Crippen LogP contribution in [0.3, 0.4) is 0 Å². The van der Waals surface area contributed by atoms with E-state index in [2.05, 4.69) is 0 Å². The second-order valence-corrected chi connectivity index (χ2v) is 4.50. The van der Waals surface area contributed by atoms with Crippen LogP contribution < -0.4 is 0 Å². The summed E-state index contributed by atoms with van der Waals surface area (Å²) in [4.78, 5) is 19.1. The van der Waals surface area contributed by atoms with E-state index in [0.29, 0.717) is 0 Å². The first-order chi connectivity index (χ1) is 10.2. The largest absolute Gasteiger partial charge is 0.502 e. The molecule has 0 radical (unpaired) electrons. The number of phenols is 2. The van der Waals surface area contributed by atoms with Crippen LogP contribution in [0.15, 0.2) is 36.4 Å². The second kappa shape index (κ2) is 7.02. The number of nitrogens with zero attached hydrogens (tertiary/aromatic N) is 2. The fourth-order valence-corrected chi connectivity index (χ4v) is 1.58. The normalized spacial score (nSPS) is 9.55. The van der Waals surface area contributed by atoms with Crippen molar-refractivity contribution < 1.29 is 20.1 Å². The molecule has 0 unspecified atom stereocenters. The van der Waals surface area contributed by atoms with Gasteiger partial charge < -0.3 is 10.2 Å². The third-order valence-corrected chi connectivity index (χ3v) is 2.66. The minimum atomic E-state index is -0.616. The van der Waals surface area contributed by atoms with Crippen LogP contribution in [-0.2, 0) is 0 Å². The molecule has 0 aliphatic heterocycles. The standard InChI is InChI=1S/2C7H7NO3/c2*1-5-2-3-6(8(10)11)7(9)4-5/h2*2-4,9H,1H3. The lowest BCUT2D eigenvalue weighted by Gasteiger charge is -1.95. The van der Waals surface area contributed by atoms with Gasteiger partial charge in [0, 0.05) is 12.1 Å². The number of aryl methyl sites for hydroxylation is 2. The van der Waals surface area contributed by atoms with Crippen molar-refractivity contribution in [2.75, 3.05) is 0 Å². The van der Waals surface area contributed by atoms with Gasteiger partial charge in [0.15, 0.2) is 11.5 Å². The van der Waals surface area contributed by atoms with Crippen molar-refractivity contribution in [3.8, 4) is 11.5 Å². The molecule has 116 valence electrons. The van der Waals surface area contributed by atoms with Crippen LogP contribution >= 0.6 is 0 Å². The summed E-state index contributed by atoms with van der Waals surface area (Å²) < 4.78 is 0. The average molecular weight is 306 g/mol. The van der Waals surface area contributed by atoms with Crippen molar-refractivity contribution in [1.29, 1.82) is 0 Å². The van der Waals surface area contributed by atoms with E-state index in [1.807, 2.05) is 0 Å². The Morgan fingerprint density at radius 2 is 1.09 bits per heavy atom. The Bertz CT molecular complexity index is 653. The molecule has 2 aromatic carbocycles. The van der Waals surface area contributed by atoms with Crippen LogP contribution in [-0.4, -0.2) is 20.1 Å². The van der Waals surface area contributed by atoms with E-state index < -0.39 is 9.85 Å². The third-order valence-electron chi connectivity index (χ3n) is 2.66. The average Bonchev–Trinajstić information content (AvgIpc) is 2.38. The minimum Gasteiger partial charge on any atom is -0.502 e. The molecule has 0 atom stereocenters. The maximum atomic E-state index is 10.2. The van der Waals surface area contributed by atoms with E-state index in [9.17, 15) is 20.2 Å². The van der Waals surface area contributed by atoms with Crippen LogP contribution in [0.1, 0.15) is 11.1 Å². The van der Waals surface area contributed by atoms with Gasteiger partial charge in [-0.1, -0.05) is 12.1 Å². The summed E-state index contributed by atoms with van der Waals surface area (Å²) in [5.41, 5.74) is 1.09. The molecular formula is C14H14N2O6.